The summed E-state index contributed by atoms with van der Waals surface area (Å²) in [6.07, 6.45) is 5.03. The third-order valence-electron chi connectivity index (χ3n) is 7.81. The van der Waals surface area contributed by atoms with Gasteiger partial charge >= 0.3 is 0 Å². The minimum Gasteiger partial charge on any atom is -0.352 e. The molecule has 3 aromatic carbocycles. The van der Waals surface area contributed by atoms with Crippen molar-refractivity contribution in [2.24, 2.45) is 0 Å². The van der Waals surface area contributed by atoms with Crippen molar-refractivity contribution in [1.82, 2.24) is 10.2 Å². The van der Waals surface area contributed by atoms with Gasteiger partial charge in [0, 0.05) is 22.6 Å². The molecule has 0 radical (unpaired) electrons. The van der Waals surface area contributed by atoms with Crippen LogP contribution in [0, 0.1) is 13.8 Å². The lowest BCUT2D eigenvalue weighted by atomic mass is 9.95. The Bertz CT molecular complexity index is 1520. The molecule has 0 bridgehead atoms. The SMILES string of the molecule is Cc1ccc(S(=O)(=O)N(CC(=O)N(Cc2ccccc2Cl)[C@H](C)C(=O)NC2CCCCC2)c2cccc(Cl)c2C)cc1. The molecule has 224 valence electrons. The summed E-state index contributed by atoms with van der Waals surface area (Å²) in [5.74, 6) is -0.828. The summed E-state index contributed by atoms with van der Waals surface area (Å²) in [5.41, 5.74) is 2.35. The lowest BCUT2D eigenvalue weighted by Crippen LogP contribution is -2.53. The first kappa shape index (κ1) is 31.9. The Kier molecular flexibility index (Phi) is 10.6. The lowest BCUT2D eigenvalue weighted by molar-refractivity contribution is -0.139. The van der Waals surface area contributed by atoms with Crippen LogP contribution in [-0.4, -0.2) is 43.8 Å². The van der Waals surface area contributed by atoms with Crippen LogP contribution in [0.4, 0.5) is 5.69 Å². The van der Waals surface area contributed by atoms with Crippen molar-refractivity contribution in [2.45, 2.75) is 76.4 Å². The first-order chi connectivity index (χ1) is 20.0. The highest BCUT2D eigenvalue weighted by Gasteiger charge is 2.34. The van der Waals surface area contributed by atoms with Gasteiger partial charge in [0.1, 0.15) is 12.6 Å². The molecule has 0 unspecified atom stereocenters. The summed E-state index contributed by atoms with van der Waals surface area (Å²) in [7, 11) is -4.19. The van der Waals surface area contributed by atoms with E-state index in [1.165, 1.54) is 17.0 Å². The van der Waals surface area contributed by atoms with Crippen LogP contribution in [0.3, 0.4) is 0 Å². The van der Waals surface area contributed by atoms with Gasteiger partial charge in [-0.3, -0.25) is 13.9 Å². The van der Waals surface area contributed by atoms with Gasteiger partial charge in [-0.25, -0.2) is 8.42 Å². The molecule has 10 heteroatoms. The lowest BCUT2D eigenvalue weighted by Gasteiger charge is -2.33. The molecule has 7 nitrogen and oxygen atoms in total. The number of sulfonamides is 1. The number of carbonyl (C=O) groups is 2. The number of benzene rings is 3. The summed E-state index contributed by atoms with van der Waals surface area (Å²) in [6.45, 7) is 4.73. The van der Waals surface area contributed by atoms with E-state index in [1.54, 1.807) is 68.4 Å². The Morgan fingerprint density at radius 1 is 0.905 bits per heavy atom. The average molecular weight is 631 g/mol. The number of halogens is 2. The highest BCUT2D eigenvalue weighted by Crippen LogP contribution is 2.31. The topological polar surface area (TPSA) is 86.8 Å². The number of anilines is 1. The van der Waals surface area contributed by atoms with Gasteiger partial charge in [-0.1, -0.05) is 84.4 Å². The van der Waals surface area contributed by atoms with Gasteiger partial charge in [0.05, 0.1) is 10.6 Å². The molecule has 0 heterocycles. The van der Waals surface area contributed by atoms with Crippen LogP contribution in [0.2, 0.25) is 10.0 Å². The minimum atomic E-state index is -4.19. The second-order valence-electron chi connectivity index (χ2n) is 10.8. The monoisotopic (exact) mass is 629 g/mol. The standard InChI is InChI=1S/C32H37Cl2N3O4S/c1-22-16-18-27(19-17-22)42(40,41)37(30-15-9-14-28(33)23(30)2)21-31(38)36(20-25-10-7-8-13-29(25)34)24(3)32(39)35-26-11-5-4-6-12-26/h7-10,13-19,24,26H,4-6,11-12,20-21H2,1-3H3,(H,35,39)/t24-/m1/s1. The largest absolute Gasteiger partial charge is 0.352 e. The summed E-state index contributed by atoms with van der Waals surface area (Å²) in [6, 6.07) is 17.7. The van der Waals surface area contributed by atoms with Gasteiger partial charge in [0.15, 0.2) is 0 Å². The Hall–Kier alpha value is -3.07. The molecule has 1 aliphatic rings. The quantitative estimate of drug-likeness (QED) is 0.271. The third-order valence-corrected chi connectivity index (χ3v) is 10.4. The van der Waals surface area contributed by atoms with E-state index < -0.39 is 28.5 Å². The second-order valence-corrected chi connectivity index (χ2v) is 13.5. The molecular formula is C32H37Cl2N3O4S. The first-order valence-corrected chi connectivity index (χ1v) is 16.4. The maximum atomic E-state index is 14.2. The van der Waals surface area contributed by atoms with E-state index >= 15 is 0 Å². The molecular weight excluding hydrogens is 593 g/mol. The van der Waals surface area contributed by atoms with E-state index in [0.717, 1.165) is 42.0 Å². The molecule has 1 atom stereocenters. The predicted octanol–water partition coefficient (Wildman–Crippen LogP) is 6.67. The minimum absolute atomic E-state index is 0.0324. The van der Waals surface area contributed by atoms with E-state index in [0.29, 0.717) is 21.2 Å². The molecule has 1 saturated carbocycles. The fourth-order valence-electron chi connectivity index (χ4n) is 5.18. The van der Waals surface area contributed by atoms with Crippen molar-refractivity contribution < 1.29 is 18.0 Å². The van der Waals surface area contributed by atoms with Crippen LogP contribution in [-0.2, 0) is 26.2 Å². The zero-order valence-corrected chi connectivity index (χ0v) is 26.5. The molecule has 2 amide bonds. The van der Waals surface area contributed by atoms with Crippen LogP contribution >= 0.6 is 23.2 Å². The molecule has 42 heavy (non-hydrogen) atoms. The maximum absolute atomic E-state index is 14.2. The van der Waals surface area contributed by atoms with Crippen molar-refractivity contribution in [3.05, 3.63) is 93.5 Å². The molecule has 1 aliphatic carbocycles. The highest BCUT2D eigenvalue weighted by molar-refractivity contribution is 7.92. The predicted molar refractivity (Wildman–Crippen MR) is 168 cm³/mol. The number of nitrogens with zero attached hydrogens (tertiary/aromatic N) is 2. The molecule has 0 saturated heterocycles. The maximum Gasteiger partial charge on any atom is 0.264 e. The average Bonchev–Trinajstić information content (AvgIpc) is 2.97. The van der Waals surface area contributed by atoms with Gasteiger partial charge in [-0.15, -0.1) is 0 Å². The smallest absolute Gasteiger partial charge is 0.264 e. The summed E-state index contributed by atoms with van der Waals surface area (Å²) in [5, 5.41) is 3.92. The molecule has 4 rings (SSSR count). The fraction of sp³-hybridized carbons (Fsp3) is 0.375. The Balaban J connectivity index is 1.72. The Labute approximate surface area is 258 Å². The van der Waals surface area contributed by atoms with E-state index in [4.69, 9.17) is 23.2 Å². The van der Waals surface area contributed by atoms with Gasteiger partial charge < -0.3 is 10.2 Å². The van der Waals surface area contributed by atoms with E-state index in [2.05, 4.69) is 5.32 Å². The number of hydrogen-bond donors (Lipinski definition) is 1. The molecule has 1 fully saturated rings. The van der Waals surface area contributed by atoms with Gasteiger partial charge in [0.2, 0.25) is 11.8 Å². The number of carbonyl (C=O) groups excluding carboxylic acids is 2. The van der Waals surface area contributed by atoms with Gasteiger partial charge in [-0.2, -0.15) is 0 Å². The Morgan fingerprint density at radius 3 is 2.21 bits per heavy atom. The molecule has 3 aromatic rings. The molecule has 0 aliphatic heterocycles. The molecule has 1 N–H and O–H groups in total. The van der Waals surface area contributed by atoms with Crippen molar-refractivity contribution >= 4 is 50.7 Å². The normalized spacial score (nSPS) is 14.7. The zero-order chi connectivity index (χ0) is 30.4. The van der Waals surface area contributed by atoms with E-state index in [-0.39, 0.29) is 29.1 Å². The van der Waals surface area contributed by atoms with Crippen LogP contribution in [0.25, 0.3) is 0 Å². The summed E-state index contributed by atoms with van der Waals surface area (Å²) in [4.78, 5) is 29.1. The number of rotatable bonds is 10. The van der Waals surface area contributed by atoms with Gasteiger partial charge in [0.25, 0.3) is 10.0 Å². The first-order valence-electron chi connectivity index (χ1n) is 14.2. The summed E-state index contributed by atoms with van der Waals surface area (Å²) < 4.78 is 29.2. The van der Waals surface area contributed by atoms with Gasteiger partial charge in [-0.05, 0) is 75.1 Å². The number of amides is 2. The highest BCUT2D eigenvalue weighted by atomic mass is 35.5. The molecule has 0 aromatic heterocycles. The van der Waals surface area contributed by atoms with Crippen LogP contribution in [0.1, 0.15) is 55.7 Å². The number of hydrogen-bond acceptors (Lipinski definition) is 4. The number of aryl methyl sites for hydroxylation is 1. The second kappa shape index (κ2) is 13.9. The van der Waals surface area contributed by atoms with Crippen molar-refractivity contribution in [2.75, 3.05) is 10.8 Å². The third kappa shape index (κ3) is 7.46. The van der Waals surface area contributed by atoms with Crippen molar-refractivity contribution in [3.8, 4) is 0 Å². The van der Waals surface area contributed by atoms with Crippen molar-refractivity contribution in [1.29, 1.82) is 0 Å². The van der Waals surface area contributed by atoms with Crippen LogP contribution in [0.5, 0.6) is 0 Å². The van der Waals surface area contributed by atoms with E-state index in [9.17, 15) is 18.0 Å². The van der Waals surface area contributed by atoms with Crippen LogP contribution < -0.4 is 9.62 Å². The summed E-state index contributed by atoms with van der Waals surface area (Å²) >= 11 is 12.9. The zero-order valence-electron chi connectivity index (χ0n) is 24.1. The van der Waals surface area contributed by atoms with Crippen LogP contribution in [0.15, 0.2) is 71.6 Å². The van der Waals surface area contributed by atoms with Crippen molar-refractivity contribution in [3.63, 3.8) is 0 Å². The molecule has 0 spiro atoms. The number of nitrogens with one attached hydrogen (secondary N) is 1. The van der Waals surface area contributed by atoms with E-state index in [1.807, 2.05) is 6.92 Å². The fourth-order valence-corrected chi connectivity index (χ4v) is 7.02. The Morgan fingerprint density at radius 2 is 1.55 bits per heavy atom.